The molecule has 0 aliphatic rings. The van der Waals surface area contributed by atoms with Crippen molar-refractivity contribution in [1.29, 1.82) is 0 Å². The van der Waals surface area contributed by atoms with E-state index in [1.807, 2.05) is 19.1 Å². The molecule has 7 heteroatoms. The smallest absolute Gasteiger partial charge is 0.188 e. The number of hydrogen-bond acceptors (Lipinski definition) is 5. The molecule has 3 N–H and O–H groups in total. The Labute approximate surface area is 116 Å². The second kappa shape index (κ2) is 4.59. The van der Waals surface area contributed by atoms with Crippen molar-refractivity contribution >= 4 is 16.9 Å². The third kappa shape index (κ3) is 2.01. The minimum Gasteiger partial charge on any atom is -0.383 e. The zero-order chi connectivity index (χ0) is 14.3. The summed E-state index contributed by atoms with van der Waals surface area (Å²) in [5.74, 6) is 1.67. The van der Waals surface area contributed by atoms with Gasteiger partial charge in [-0.15, -0.1) is 5.10 Å². The van der Waals surface area contributed by atoms with E-state index >= 15 is 0 Å². The summed E-state index contributed by atoms with van der Waals surface area (Å²) in [5.41, 5.74) is 8.45. The molecule has 3 rings (SSSR count). The Kier molecular flexibility index (Phi) is 2.89. The molecule has 0 unspecified atom stereocenters. The molecule has 0 aliphatic heterocycles. The van der Waals surface area contributed by atoms with Gasteiger partial charge in [-0.3, -0.25) is 5.10 Å². The van der Waals surface area contributed by atoms with E-state index in [1.165, 1.54) is 0 Å². The number of nitrogens with one attached hydrogen (secondary N) is 1. The Morgan fingerprint density at radius 1 is 1.30 bits per heavy atom. The molecule has 3 heterocycles. The Balaban J connectivity index is 2.18. The normalized spacial score (nSPS) is 11.6. The van der Waals surface area contributed by atoms with Crippen molar-refractivity contribution in [1.82, 2.24) is 30.2 Å². The zero-order valence-corrected chi connectivity index (χ0v) is 11.8. The predicted octanol–water partition coefficient (Wildman–Crippen LogP) is 1.63. The van der Waals surface area contributed by atoms with Crippen LogP contribution in [0.3, 0.4) is 0 Å². The maximum Gasteiger partial charge on any atom is 0.188 e. The van der Waals surface area contributed by atoms with Gasteiger partial charge in [0.25, 0.3) is 0 Å². The largest absolute Gasteiger partial charge is 0.383 e. The molecule has 104 valence electrons. The fourth-order valence-corrected chi connectivity index (χ4v) is 2.20. The van der Waals surface area contributed by atoms with Gasteiger partial charge in [0, 0.05) is 0 Å². The van der Waals surface area contributed by atoms with Crippen LogP contribution in [0.15, 0.2) is 12.1 Å². The number of fused-ring (bicyclic) bond motifs is 1. The van der Waals surface area contributed by atoms with E-state index in [2.05, 4.69) is 39.3 Å². The van der Waals surface area contributed by atoms with Crippen LogP contribution in [0.5, 0.6) is 0 Å². The van der Waals surface area contributed by atoms with Crippen molar-refractivity contribution < 1.29 is 0 Å². The molecule has 0 radical (unpaired) electrons. The molecule has 0 saturated carbocycles. The van der Waals surface area contributed by atoms with Gasteiger partial charge in [-0.05, 0) is 31.4 Å². The lowest BCUT2D eigenvalue weighted by Gasteiger charge is -2.02. The summed E-state index contributed by atoms with van der Waals surface area (Å²) in [6.45, 7) is 6.19. The Hall–Kier alpha value is -2.44. The number of hydrogen-bond donors (Lipinski definition) is 2. The lowest BCUT2D eigenvalue weighted by molar-refractivity contribution is 0.629. The van der Waals surface area contributed by atoms with Crippen LogP contribution >= 0.6 is 0 Å². The van der Waals surface area contributed by atoms with Crippen molar-refractivity contribution in [3.05, 3.63) is 23.5 Å². The third-order valence-electron chi connectivity index (χ3n) is 3.09. The SMILES string of the molecule is Cc1ccc(-n2nc(CC(C)C)c3c(N)[nH]nc32)nn1. The van der Waals surface area contributed by atoms with Gasteiger partial charge in [-0.1, -0.05) is 13.8 Å². The van der Waals surface area contributed by atoms with Gasteiger partial charge in [-0.2, -0.15) is 20.0 Å². The summed E-state index contributed by atoms with van der Waals surface area (Å²) in [7, 11) is 0. The Morgan fingerprint density at radius 2 is 2.10 bits per heavy atom. The van der Waals surface area contributed by atoms with Crippen molar-refractivity contribution in [2.24, 2.45) is 5.92 Å². The number of aromatic amines is 1. The van der Waals surface area contributed by atoms with Gasteiger partial charge >= 0.3 is 0 Å². The quantitative estimate of drug-likeness (QED) is 0.754. The summed E-state index contributed by atoms with van der Waals surface area (Å²) in [6, 6.07) is 3.77. The summed E-state index contributed by atoms with van der Waals surface area (Å²) in [5, 5.41) is 20.7. The average molecular weight is 271 g/mol. The van der Waals surface area contributed by atoms with E-state index in [1.54, 1.807) is 4.68 Å². The van der Waals surface area contributed by atoms with E-state index in [9.17, 15) is 0 Å². The number of nitrogens with zero attached hydrogens (tertiary/aromatic N) is 5. The molecular weight excluding hydrogens is 254 g/mol. The highest BCUT2D eigenvalue weighted by molar-refractivity contribution is 5.89. The molecule has 0 aromatic carbocycles. The minimum atomic E-state index is 0.486. The van der Waals surface area contributed by atoms with E-state index in [0.717, 1.165) is 23.2 Å². The summed E-state index contributed by atoms with van der Waals surface area (Å²) >= 11 is 0. The highest BCUT2D eigenvalue weighted by Gasteiger charge is 2.18. The number of anilines is 1. The zero-order valence-electron chi connectivity index (χ0n) is 11.8. The molecule has 0 amide bonds. The molecule has 3 aromatic heterocycles. The van der Waals surface area contributed by atoms with Crippen LogP contribution in [0.1, 0.15) is 25.2 Å². The van der Waals surface area contributed by atoms with Crippen LogP contribution in [0.4, 0.5) is 5.82 Å². The second-order valence-corrected chi connectivity index (χ2v) is 5.33. The van der Waals surface area contributed by atoms with Crippen LogP contribution in [-0.2, 0) is 6.42 Å². The van der Waals surface area contributed by atoms with Gasteiger partial charge < -0.3 is 5.73 Å². The maximum absolute atomic E-state index is 5.96. The summed E-state index contributed by atoms with van der Waals surface area (Å²) in [4.78, 5) is 0. The van der Waals surface area contributed by atoms with Crippen molar-refractivity contribution in [2.45, 2.75) is 27.2 Å². The van der Waals surface area contributed by atoms with Crippen LogP contribution in [0.25, 0.3) is 16.9 Å². The average Bonchev–Trinajstić information content (AvgIpc) is 2.93. The molecule has 0 aliphatic carbocycles. The molecule has 3 aromatic rings. The van der Waals surface area contributed by atoms with Crippen LogP contribution < -0.4 is 5.73 Å². The fourth-order valence-electron chi connectivity index (χ4n) is 2.20. The standard InChI is InChI=1S/C13H17N7/c1-7(2)6-9-11-12(14)17-18-13(11)20(19-9)10-5-4-8(3)15-16-10/h4-5,7H,6H2,1-3H3,(H3,14,17,18). The summed E-state index contributed by atoms with van der Waals surface area (Å²) < 4.78 is 1.69. The van der Waals surface area contributed by atoms with Crippen LogP contribution in [0.2, 0.25) is 0 Å². The van der Waals surface area contributed by atoms with Crippen molar-refractivity contribution in [3.63, 3.8) is 0 Å². The molecule has 0 spiro atoms. The molecule has 20 heavy (non-hydrogen) atoms. The first-order valence-electron chi connectivity index (χ1n) is 6.58. The highest BCUT2D eigenvalue weighted by Crippen LogP contribution is 2.25. The van der Waals surface area contributed by atoms with Gasteiger partial charge in [0.2, 0.25) is 0 Å². The lowest BCUT2D eigenvalue weighted by Crippen LogP contribution is -2.04. The molecule has 0 atom stereocenters. The van der Waals surface area contributed by atoms with Gasteiger partial charge in [0.05, 0.1) is 16.8 Å². The number of H-pyrrole nitrogens is 1. The van der Waals surface area contributed by atoms with Crippen molar-refractivity contribution in [2.75, 3.05) is 5.73 Å². The molecule has 0 saturated heterocycles. The van der Waals surface area contributed by atoms with E-state index in [4.69, 9.17) is 5.73 Å². The van der Waals surface area contributed by atoms with Gasteiger partial charge in [0.15, 0.2) is 11.5 Å². The molecular formula is C13H17N7. The number of rotatable bonds is 3. The molecule has 7 nitrogen and oxygen atoms in total. The lowest BCUT2D eigenvalue weighted by atomic mass is 10.1. The Morgan fingerprint density at radius 3 is 2.75 bits per heavy atom. The first-order valence-corrected chi connectivity index (χ1v) is 6.58. The van der Waals surface area contributed by atoms with E-state index < -0.39 is 0 Å². The fraction of sp³-hybridized carbons (Fsp3) is 0.385. The first-order chi connectivity index (χ1) is 9.56. The minimum absolute atomic E-state index is 0.486. The molecule has 0 fully saturated rings. The monoisotopic (exact) mass is 271 g/mol. The second-order valence-electron chi connectivity index (χ2n) is 5.33. The van der Waals surface area contributed by atoms with Crippen molar-refractivity contribution in [3.8, 4) is 5.82 Å². The van der Waals surface area contributed by atoms with Crippen LogP contribution in [0, 0.1) is 12.8 Å². The van der Waals surface area contributed by atoms with Gasteiger partial charge in [0.1, 0.15) is 5.82 Å². The van der Waals surface area contributed by atoms with Gasteiger partial charge in [-0.25, -0.2) is 0 Å². The number of aryl methyl sites for hydroxylation is 1. The number of nitrogens with two attached hydrogens (primary N) is 1. The number of aromatic nitrogens is 6. The summed E-state index contributed by atoms with van der Waals surface area (Å²) in [6.07, 6.45) is 0.840. The topological polar surface area (TPSA) is 98.3 Å². The molecule has 0 bridgehead atoms. The first kappa shape index (κ1) is 12.6. The predicted molar refractivity (Wildman–Crippen MR) is 76.5 cm³/mol. The highest BCUT2D eigenvalue weighted by atomic mass is 15.4. The van der Waals surface area contributed by atoms with E-state index in [-0.39, 0.29) is 0 Å². The van der Waals surface area contributed by atoms with E-state index in [0.29, 0.717) is 23.2 Å². The Bertz CT molecular complexity index is 736. The maximum atomic E-state index is 5.96. The number of nitrogen functional groups attached to an aromatic ring is 1. The van der Waals surface area contributed by atoms with Crippen LogP contribution in [-0.4, -0.2) is 30.2 Å². The third-order valence-corrected chi connectivity index (χ3v) is 3.09.